The fraction of sp³-hybridized carbons (Fsp3) is 0.412. The molecular weight excluding hydrogens is 282 g/mol. The number of hydrogen-bond donors (Lipinski definition) is 1. The topological polar surface area (TPSA) is 64.6 Å². The van der Waals surface area contributed by atoms with Gasteiger partial charge in [-0.1, -0.05) is 42.0 Å². The second-order valence-electron chi connectivity index (χ2n) is 5.13. The molecular formula is C17H23NO4. The van der Waals surface area contributed by atoms with E-state index >= 15 is 0 Å². The molecule has 1 aromatic rings. The minimum atomic E-state index is -0.764. The van der Waals surface area contributed by atoms with Crippen molar-refractivity contribution in [3.63, 3.8) is 0 Å². The third kappa shape index (κ3) is 5.33. The van der Waals surface area contributed by atoms with E-state index in [4.69, 9.17) is 9.47 Å². The van der Waals surface area contributed by atoms with E-state index in [1.54, 1.807) is 12.1 Å². The Morgan fingerprint density at radius 2 is 1.82 bits per heavy atom. The number of rotatable bonds is 7. The minimum absolute atomic E-state index is 0.369. The summed E-state index contributed by atoms with van der Waals surface area (Å²) >= 11 is 0. The number of carbonyl (C=O) groups excluding carboxylic acids is 2. The molecule has 0 bridgehead atoms. The van der Waals surface area contributed by atoms with E-state index in [0.717, 1.165) is 11.1 Å². The second kappa shape index (κ2) is 9.00. The number of nitrogens with one attached hydrogen (secondary N) is 1. The van der Waals surface area contributed by atoms with Crippen molar-refractivity contribution in [2.24, 2.45) is 0 Å². The van der Waals surface area contributed by atoms with Crippen molar-refractivity contribution in [1.82, 2.24) is 5.32 Å². The molecule has 2 atom stereocenters. The van der Waals surface area contributed by atoms with Crippen LogP contribution in [-0.2, 0) is 19.1 Å². The first-order valence-corrected chi connectivity index (χ1v) is 7.09. The third-order valence-electron chi connectivity index (χ3n) is 3.14. The number of esters is 1. The molecule has 1 amide bonds. The van der Waals surface area contributed by atoms with Crippen molar-refractivity contribution in [1.29, 1.82) is 0 Å². The molecule has 1 aromatic carbocycles. The lowest BCUT2D eigenvalue weighted by Crippen LogP contribution is -2.43. The van der Waals surface area contributed by atoms with Gasteiger partial charge in [0, 0.05) is 7.11 Å². The SMILES string of the molecule is COC(=O)[C@@H](CC=C(C)C)NC(=O)[C@@H](OC)c1ccccc1. The quantitative estimate of drug-likeness (QED) is 0.620. The summed E-state index contributed by atoms with van der Waals surface area (Å²) in [5.41, 5.74) is 1.79. The van der Waals surface area contributed by atoms with Crippen LogP contribution in [0.15, 0.2) is 42.0 Å². The summed E-state index contributed by atoms with van der Waals surface area (Å²) in [5, 5.41) is 2.69. The molecule has 0 aliphatic heterocycles. The van der Waals surface area contributed by atoms with Crippen LogP contribution in [0.5, 0.6) is 0 Å². The van der Waals surface area contributed by atoms with Crippen molar-refractivity contribution in [3.8, 4) is 0 Å². The van der Waals surface area contributed by atoms with Crippen molar-refractivity contribution in [3.05, 3.63) is 47.5 Å². The van der Waals surface area contributed by atoms with E-state index in [9.17, 15) is 9.59 Å². The van der Waals surface area contributed by atoms with Gasteiger partial charge in [-0.3, -0.25) is 4.79 Å². The van der Waals surface area contributed by atoms with Crippen LogP contribution in [0.4, 0.5) is 0 Å². The van der Waals surface area contributed by atoms with Crippen LogP contribution >= 0.6 is 0 Å². The van der Waals surface area contributed by atoms with Gasteiger partial charge in [-0.15, -0.1) is 0 Å². The van der Waals surface area contributed by atoms with Crippen LogP contribution in [0.3, 0.4) is 0 Å². The van der Waals surface area contributed by atoms with Gasteiger partial charge in [-0.25, -0.2) is 4.79 Å². The van der Waals surface area contributed by atoms with Crippen LogP contribution < -0.4 is 5.32 Å². The molecule has 0 aromatic heterocycles. The first-order valence-electron chi connectivity index (χ1n) is 7.09. The van der Waals surface area contributed by atoms with Crippen LogP contribution in [0, 0.1) is 0 Å². The first-order chi connectivity index (χ1) is 10.5. The molecule has 0 aliphatic rings. The smallest absolute Gasteiger partial charge is 0.328 e. The Balaban J connectivity index is 2.84. The predicted molar refractivity (Wildman–Crippen MR) is 84.2 cm³/mol. The van der Waals surface area contributed by atoms with Gasteiger partial charge in [-0.2, -0.15) is 0 Å². The van der Waals surface area contributed by atoms with Crippen molar-refractivity contribution in [2.75, 3.05) is 14.2 Å². The van der Waals surface area contributed by atoms with Gasteiger partial charge in [0.15, 0.2) is 6.10 Å². The molecule has 5 nitrogen and oxygen atoms in total. The second-order valence-corrected chi connectivity index (χ2v) is 5.13. The van der Waals surface area contributed by atoms with Gasteiger partial charge in [0.05, 0.1) is 7.11 Å². The van der Waals surface area contributed by atoms with E-state index in [1.165, 1.54) is 14.2 Å². The fourth-order valence-corrected chi connectivity index (χ4v) is 1.98. The number of hydrogen-bond acceptors (Lipinski definition) is 4. The van der Waals surface area contributed by atoms with Crippen LogP contribution in [0.25, 0.3) is 0 Å². The molecule has 120 valence electrons. The highest BCUT2D eigenvalue weighted by atomic mass is 16.5. The number of methoxy groups -OCH3 is 2. The van der Waals surface area contributed by atoms with Crippen LogP contribution in [0.1, 0.15) is 31.9 Å². The van der Waals surface area contributed by atoms with Gasteiger partial charge >= 0.3 is 5.97 Å². The maximum Gasteiger partial charge on any atom is 0.328 e. The van der Waals surface area contributed by atoms with Crippen molar-refractivity contribution in [2.45, 2.75) is 32.4 Å². The molecule has 1 rings (SSSR count). The summed E-state index contributed by atoms with van der Waals surface area (Å²) in [6.07, 6.45) is 1.50. The Bertz CT molecular complexity index is 521. The lowest BCUT2D eigenvalue weighted by Gasteiger charge is -2.20. The molecule has 22 heavy (non-hydrogen) atoms. The molecule has 0 saturated heterocycles. The maximum atomic E-state index is 12.4. The molecule has 0 heterocycles. The zero-order chi connectivity index (χ0) is 16.5. The van der Waals surface area contributed by atoms with E-state index in [0.29, 0.717) is 6.42 Å². The van der Waals surface area contributed by atoms with Gasteiger partial charge in [0.1, 0.15) is 6.04 Å². The van der Waals surface area contributed by atoms with Gasteiger partial charge < -0.3 is 14.8 Å². The average Bonchev–Trinajstić information content (AvgIpc) is 2.52. The lowest BCUT2D eigenvalue weighted by atomic mass is 10.1. The summed E-state index contributed by atoms with van der Waals surface area (Å²) < 4.78 is 10.00. The van der Waals surface area contributed by atoms with Crippen LogP contribution in [-0.4, -0.2) is 32.1 Å². The Labute approximate surface area is 131 Å². The summed E-state index contributed by atoms with van der Waals surface area (Å²) in [4.78, 5) is 24.2. The van der Waals surface area contributed by atoms with Crippen molar-refractivity contribution < 1.29 is 19.1 Å². The highest BCUT2D eigenvalue weighted by molar-refractivity contribution is 5.87. The fourth-order valence-electron chi connectivity index (χ4n) is 1.98. The predicted octanol–water partition coefficient (Wildman–Crippen LogP) is 2.39. The minimum Gasteiger partial charge on any atom is -0.467 e. The monoisotopic (exact) mass is 305 g/mol. The molecule has 0 aliphatic carbocycles. The molecule has 5 heteroatoms. The number of carbonyl (C=O) groups is 2. The number of amides is 1. The maximum absolute atomic E-state index is 12.4. The zero-order valence-corrected chi connectivity index (χ0v) is 13.5. The van der Waals surface area contributed by atoms with E-state index in [-0.39, 0.29) is 5.91 Å². The Kier molecular flexibility index (Phi) is 7.32. The average molecular weight is 305 g/mol. The highest BCUT2D eigenvalue weighted by Gasteiger charge is 2.26. The number of benzene rings is 1. The van der Waals surface area contributed by atoms with Crippen LogP contribution in [0.2, 0.25) is 0 Å². The Morgan fingerprint density at radius 3 is 2.32 bits per heavy atom. The third-order valence-corrected chi connectivity index (χ3v) is 3.14. The molecule has 0 spiro atoms. The molecule has 1 N–H and O–H groups in total. The zero-order valence-electron chi connectivity index (χ0n) is 13.5. The van der Waals surface area contributed by atoms with Crippen molar-refractivity contribution >= 4 is 11.9 Å². The summed E-state index contributed by atoms with van der Waals surface area (Å²) in [6.45, 7) is 3.86. The molecule has 0 saturated carbocycles. The molecule has 0 fully saturated rings. The Hall–Kier alpha value is -2.14. The largest absolute Gasteiger partial charge is 0.467 e. The summed E-state index contributed by atoms with van der Waals surface area (Å²) in [5.74, 6) is -0.847. The van der Waals surface area contributed by atoms with E-state index in [2.05, 4.69) is 5.32 Å². The Morgan fingerprint density at radius 1 is 1.18 bits per heavy atom. The number of ether oxygens (including phenoxy) is 2. The van der Waals surface area contributed by atoms with E-state index in [1.807, 2.05) is 38.1 Å². The molecule has 0 unspecified atom stereocenters. The van der Waals surface area contributed by atoms with Gasteiger partial charge in [-0.05, 0) is 25.8 Å². The van der Waals surface area contributed by atoms with Gasteiger partial charge in [0.25, 0.3) is 5.91 Å². The summed E-state index contributed by atoms with van der Waals surface area (Å²) in [7, 11) is 2.76. The van der Waals surface area contributed by atoms with Gasteiger partial charge in [0.2, 0.25) is 0 Å². The lowest BCUT2D eigenvalue weighted by molar-refractivity contribution is -0.146. The normalized spacial score (nSPS) is 12.9. The summed E-state index contributed by atoms with van der Waals surface area (Å²) in [6, 6.07) is 8.40. The molecule has 0 radical (unpaired) electrons. The standard InChI is InChI=1S/C17H23NO4/c1-12(2)10-11-14(17(20)22-4)18-16(19)15(21-3)13-8-6-5-7-9-13/h5-10,14-15H,11H2,1-4H3,(H,18,19)/t14-,15+/m1/s1. The number of allylic oxidation sites excluding steroid dienone is 1. The van der Waals surface area contributed by atoms with E-state index < -0.39 is 18.1 Å². The highest BCUT2D eigenvalue weighted by Crippen LogP contribution is 2.17. The first kappa shape index (κ1) is 17.9.